The molecule has 130 valence electrons. The summed E-state index contributed by atoms with van der Waals surface area (Å²) >= 11 is 0. The van der Waals surface area contributed by atoms with Gasteiger partial charge in [0.25, 0.3) is 5.71 Å². The first kappa shape index (κ1) is 16.1. The van der Waals surface area contributed by atoms with Crippen LogP contribution in [0.1, 0.15) is 29.7 Å². The van der Waals surface area contributed by atoms with E-state index in [2.05, 4.69) is 50.7 Å². The standard InChI is InChI=1S/C20H24N4O/c1-15-19-12-17(14-22-20(19)25-23-15)13-21-18-6-4-16(5-7-18)8-11-24-9-2-3-10-24/h4-7,12,14,21H,2-3,8-11,13H2,1H3. The van der Waals surface area contributed by atoms with Gasteiger partial charge in [0.15, 0.2) is 0 Å². The molecule has 1 saturated heterocycles. The van der Waals surface area contributed by atoms with E-state index in [1.807, 2.05) is 13.1 Å². The Kier molecular flexibility index (Phi) is 4.65. The average Bonchev–Trinajstić information content (AvgIpc) is 3.29. The summed E-state index contributed by atoms with van der Waals surface area (Å²) in [5, 5.41) is 8.39. The van der Waals surface area contributed by atoms with Crippen molar-refractivity contribution < 1.29 is 4.52 Å². The van der Waals surface area contributed by atoms with Crippen molar-refractivity contribution >= 4 is 16.8 Å². The van der Waals surface area contributed by atoms with Crippen LogP contribution < -0.4 is 5.32 Å². The Balaban J connectivity index is 1.33. The fraction of sp³-hybridized carbons (Fsp3) is 0.400. The molecule has 25 heavy (non-hydrogen) atoms. The van der Waals surface area contributed by atoms with Gasteiger partial charge >= 0.3 is 0 Å². The van der Waals surface area contributed by atoms with Gasteiger partial charge in [0.05, 0.1) is 11.1 Å². The lowest BCUT2D eigenvalue weighted by molar-refractivity contribution is 0.343. The first-order valence-electron chi connectivity index (χ1n) is 9.04. The van der Waals surface area contributed by atoms with Crippen LogP contribution in [0.25, 0.3) is 11.1 Å². The van der Waals surface area contributed by atoms with Crippen LogP contribution in [0.15, 0.2) is 41.1 Å². The van der Waals surface area contributed by atoms with Crippen molar-refractivity contribution in [1.82, 2.24) is 15.0 Å². The van der Waals surface area contributed by atoms with Crippen LogP contribution in [-0.4, -0.2) is 34.7 Å². The SMILES string of the molecule is Cc1noc2ncc(CNc3ccc(CCN4CCCC4)cc3)cc12. The van der Waals surface area contributed by atoms with Gasteiger partial charge in [0.1, 0.15) is 0 Å². The Morgan fingerprint density at radius 3 is 2.72 bits per heavy atom. The monoisotopic (exact) mass is 336 g/mol. The highest BCUT2D eigenvalue weighted by Crippen LogP contribution is 2.18. The largest absolute Gasteiger partial charge is 0.381 e. The lowest BCUT2D eigenvalue weighted by Gasteiger charge is -2.14. The predicted molar refractivity (Wildman–Crippen MR) is 99.7 cm³/mol. The summed E-state index contributed by atoms with van der Waals surface area (Å²) in [6, 6.07) is 10.9. The molecule has 5 heteroatoms. The van der Waals surface area contributed by atoms with Crippen molar-refractivity contribution in [2.24, 2.45) is 0 Å². The second-order valence-electron chi connectivity index (χ2n) is 6.81. The van der Waals surface area contributed by atoms with Gasteiger partial charge in [-0.1, -0.05) is 17.3 Å². The number of benzene rings is 1. The van der Waals surface area contributed by atoms with Crippen LogP contribution >= 0.6 is 0 Å². The minimum atomic E-state index is 0.601. The predicted octanol–water partition coefficient (Wildman–Crippen LogP) is 3.78. The van der Waals surface area contributed by atoms with E-state index in [0.717, 1.165) is 35.3 Å². The molecular formula is C20H24N4O. The molecule has 0 atom stereocenters. The van der Waals surface area contributed by atoms with Crippen molar-refractivity contribution in [2.75, 3.05) is 25.0 Å². The van der Waals surface area contributed by atoms with Gasteiger partial charge in [-0.2, -0.15) is 0 Å². The number of nitrogens with zero attached hydrogens (tertiary/aromatic N) is 3. The number of hydrogen-bond donors (Lipinski definition) is 1. The van der Waals surface area contributed by atoms with Crippen LogP contribution in [0.2, 0.25) is 0 Å². The second kappa shape index (κ2) is 7.23. The first-order chi connectivity index (χ1) is 12.3. The maximum Gasteiger partial charge on any atom is 0.257 e. The summed E-state index contributed by atoms with van der Waals surface area (Å²) in [5.41, 5.74) is 5.14. The lowest BCUT2D eigenvalue weighted by Crippen LogP contribution is -2.21. The number of aromatic nitrogens is 2. The van der Waals surface area contributed by atoms with E-state index in [4.69, 9.17) is 4.52 Å². The van der Waals surface area contributed by atoms with Gasteiger partial charge in [-0.3, -0.25) is 0 Å². The summed E-state index contributed by atoms with van der Waals surface area (Å²) in [6.45, 7) is 6.39. The Bertz CT molecular complexity index is 835. The Labute approximate surface area is 148 Å². The molecule has 0 saturated carbocycles. The molecule has 3 heterocycles. The van der Waals surface area contributed by atoms with Crippen LogP contribution in [0, 0.1) is 6.92 Å². The van der Waals surface area contributed by atoms with Crippen molar-refractivity contribution in [3.05, 3.63) is 53.3 Å². The summed E-state index contributed by atoms with van der Waals surface area (Å²) < 4.78 is 5.15. The third-order valence-corrected chi connectivity index (χ3v) is 4.93. The smallest absolute Gasteiger partial charge is 0.257 e. The van der Waals surface area contributed by atoms with Crippen molar-refractivity contribution in [3.63, 3.8) is 0 Å². The highest BCUT2D eigenvalue weighted by atomic mass is 16.5. The molecule has 2 aromatic heterocycles. The van der Waals surface area contributed by atoms with Crippen LogP contribution in [-0.2, 0) is 13.0 Å². The molecule has 3 aromatic rings. The minimum Gasteiger partial charge on any atom is -0.381 e. The summed E-state index contributed by atoms with van der Waals surface area (Å²) in [5.74, 6) is 0. The van der Waals surface area contributed by atoms with Crippen LogP contribution in [0.4, 0.5) is 5.69 Å². The molecule has 1 aliphatic rings. The molecular weight excluding hydrogens is 312 g/mol. The van der Waals surface area contributed by atoms with Gasteiger partial charge in [-0.05, 0) is 68.6 Å². The zero-order valence-corrected chi connectivity index (χ0v) is 14.7. The van der Waals surface area contributed by atoms with Gasteiger partial charge < -0.3 is 14.7 Å². The summed E-state index contributed by atoms with van der Waals surface area (Å²) in [6.07, 6.45) is 5.69. The lowest BCUT2D eigenvalue weighted by atomic mass is 10.1. The van der Waals surface area contributed by atoms with Crippen molar-refractivity contribution in [1.29, 1.82) is 0 Å². The molecule has 1 N–H and O–H groups in total. The molecule has 1 aromatic carbocycles. The zero-order chi connectivity index (χ0) is 17.1. The fourth-order valence-electron chi connectivity index (χ4n) is 3.37. The van der Waals surface area contributed by atoms with E-state index >= 15 is 0 Å². The molecule has 5 nitrogen and oxygen atoms in total. The zero-order valence-electron chi connectivity index (χ0n) is 14.7. The van der Waals surface area contributed by atoms with Gasteiger partial charge in [0, 0.05) is 25.0 Å². The topological polar surface area (TPSA) is 54.2 Å². The fourth-order valence-corrected chi connectivity index (χ4v) is 3.37. The summed E-state index contributed by atoms with van der Waals surface area (Å²) in [7, 11) is 0. The van der Waals surface area contributed by atoms with Crippen LogP contribution in [0.3, 0.4) is 0 Å². The number of anilines is 1. The average molecular weight is 336 g/mol. The highest BCUT2D eigenvalue weighted by Gasteiger charge is 2.10. The Hall–Kier alpha value is -2.40. The van der Waals surface area contributed by atoms with Gasteiger partial charge in [-0.15, -0.1) is 0 Å². The van der Waals surface area contributed by atoms with Crippen molar-refractivity contribution in [3.8, 4) is 0 Å². The van der Waals surface area contributed by atoms with E-state index in [-0.39, 0.29) is 0 Å². The normalized spacial score (nSPS) is 15.1. The number of hydrogen-bond acceptors (Lipinski definition) is 5. The molecule has 0 bridgehead atoms. The first-order valence-corrected chi connectivity index (χ1v) is 9.04. The Morgan fingerprint density at radius 1 is 1.12 bits per heavy atom. The quantitative estimate of drug-likeness (QED) is 0.742. The van der Waals surface area contributed by atoms with E-state index in [1.54, 1.807) is 0 Å². The maximum absolute atomic E-state index is 5.15. The molecule has 1 fully saturated rings. The molecule has 0 aliphatic carbocycles. The van der Waals surface area contributed by atoms with E-state index in [0.29, 0.717) is 5.71 Å². The molecule has 0 spiro atoms. The van der Waals surface area contributed by atoms with Gasteiger partial charge in [-0.25, -0.2) is 4.98 Å². The molecule has 0 amide bonds. The number of rotatable bonds is 6. The van der Waals surface area contributed by atoms with E-state index in [9.17, 15) is 0 Å². The number of pyridine rings is 1. The molecule has 4 rings (SSSR count). The molecule has 1 aliphatic heterocycles. The maximum atomic E-state index is 5.15. The highest BCUT2D eigenvalue weighted by molar-refractivity contribution is 5.76. The summed E-state index contributed by atoms with van der Waals surface area (Å²) in [4.78, 5) is 6.87. The number of fused-ring (bicyclic) bond motifs is 1. The minimum absolute atomic E-state index is 0.601. The van der Waals surface area contributed by atoms with E-state index in [1.165, 1.54) is 38.0 Å². The number of likely N-dealkylation sites (tertiary alicyclic amines) is 1. The Morgan fingerprint density at radius 2 is 1.92 bits per heavy atom. The third kappa shape index (κ3) is 3.82. The third-order valence-electron chi connectivity index (χ3n) is 4.93. The number of aryl methyl sites for hydroxylation is 1. The molecule has 0 radical (unpaired) electrons. The van der Waals surface area contributed by atoms with Crippen LogP contribution in [0.5, 0.6) is 0 Å². The van der Waals surface area contributed by atoms with Crippen molar-refractivity contribution in [2.45, 2.75) is 32.7 Å². The molecule has 0 unspecified atom stereocenters. The second-order valence-corrected chi connectivity index (χ2v) is 6.81. The van der Waals surface area contributed by atoms with E-state index < -0.39 is 0 Å². The van der Waals surface area contributed by atoms with Gasteiger partial charge in [0.2, 0.25) is 0 Å². The number of nitrogens with one attached hydrogen (secondary N) is 1.